The third-order valence-corrected chi connectivity index (χ3v) is 3.00. The van der Waals surface area contributed by atoms with Crippen LogP contribution in [-0.2, 0) is 9.53 Å². The lowest BCUT2D eigenvalue weighted by Gasteiger charge is -2.39. The molecule has 0 aromatic carbocycles. The van der Waals surface area contributed by atoms with E-state index in [-0.39, 0.29) is 6.04 Å². The smallest absolute Gasteiger partial charge is 0.411 e. The molecule has 104 valence electrons. The lowest BCUT2D eigenvalue weighted by Crippen LogP contribution is -2.62. The van der Waals surface area contributed by atoms with Crippen molar-refractivity contribution in [3.8, 4) is 0 Å². The molecule has 2 unspecified atom stereocenters. The van der Waals surface area contributed by atoms with Crippen LogP contribution >= 0.6 is 11.6 Å². The Morgan fingerprint density at radius 1 is 1.44 bits per heavy atom. The van der Waals surface area contributed by atoms with Gasteiger partial charge in [0.25, 0.3) is 0 Å². The molecule has 0 aromatic rings. The number of piperazine rings is 1. The van der Waals surface area contributed by atoms with Crippen molar-refractivity contribution in [1.29, 1.82) is 0 Å². The molecule has 6 heteroatoms. The van der Waals surface area contributed by atoms with Crippen molar-refractivity contribution in [2.75, 3.05) is 13.1 Å². The first-order valence-corrected chi connectivity index (χ1v) is 6.56. The fourth-order valence-electron chi connectivity index (χ4n) is 2.01. The zero-order chi connectivity index (χ0) is 13.9. The van der Waals surface area contributed by atoms with Gasteiger partial charge in [-0.2, -0.15) is 0 Å². The highest BCUT2D eigenvalue weighted by Crippen LogP contribution is 2.19. The van der Waals surface area contributed by atoms with Crippen LogP contribution in [0, 0.1) is 0 Å². The largest absolute Gasteiger partial charge is 0.444 e. The molecule has 1 saturated heterocycles. The van der Waals surface area contributed by atoms with Crippen LogP contribution in [0.5, 0.6) is 0 Å². The molecule has 0 aliphatic carbocycles. The minimum absolute atomic E-state index is 0.115. The van der Waals surface area contributed by atoms with Gasteiger partial charge < -0.3 is 10.1 Å². The number of nitrogens with one attached hydrogen (secondary N) is 1. The van der Waals surface area contributed by atoms with Crippen LogP contribution in [0.2, 0.25) is 0 Å². The summed E-state index contributed by atoms with van der Waals surface area (Å²) in [5.41, 5.74) is -0.580. The summed E-state index contributed by atoms with van der Waals surface area (Å²) < 4.78 is 5.30. The highest BCUT2D eigenvalue weighted by Gasteiger charge is 2.39. The molecule has 0 radical (unpaired) electrons. The quantitative estimate of drug-likeness (QED) is 0.781. The Labute approximate surface area is 113 Å². The van der Waals surface area contributed by atoms with E-state index < -0.39 is 23.0 Å². The number of ether oxygens (including phenoxy) is 1. The normalized spacial score (nSPS) is 24.8. The monoisotopic (exact) mass is 276 g/mol. The van der Waals surface area contributed by atoms with Crippen molar-refractivity contribution in [3.05, 3.63) is 0 Å². The van der Waals surface area contributed by atoms with Crippen molar-refractivity contribution in [3.63, 3.8) is 0 Å². The van der Waals surface area contributed by atoms with Crippen molar-refractivity contribution < 1.29 is 14.3 Å². The van der Waals surface area contributed by atoms with Crippen LogP contribution in [0.3, 0.4) is 0 Å². The molecule has 0 spiro atoms. The minimum Gasteiger partial charge on any atom is -0.444 e. The van der Waals surface area contributed by atoms with E-state index in [1.807, 2.05) is 6.92 Å². The number of carbonyl (C=O) groups is 2. The Morgan fingerprint density at radius 3 is 2.50 bits per heavy atom. The van der Waals surface area contributed by atoms with Crippen LogP contribution in [0.25, 0.3) is 0 Å². The Bertz CT molecular complexity index is 328. The SMILES string of the molecule is CCC1NCCN(C(=O)OC(C)(C)C)C1C(=O)Cl. The predicted octanol–water partition coefficient (Wildman–Crippen LogP) is 1.74. The average Bonchev–Trinajstić information content (AvgIpc) is 2.25. The van der Waals surface area contributed by atoms with Gasteiger partial charge in [-0.3, -0.25) is 9.69 Å². The van der Waals surface area contributed by atoms with Crippen LogP contribution in [-0.4, -0.2) is 47.0 Å². The van der Waals surface area contributed by atoms with Crippen LogP contribution < -0.4 is 5.32 Å². The van der Waals surface area contributed by atoms with Gasteiger partial charge in [-0.25, -0.2) is 4.79 Å². The van der Waals surface area contributed by atoms with Crippen LogP contribution in [0.1, 0.15) is 34.1 Å². The van der Waals surface area contributed by atoms with E-state index in [1.165, 1.54) is 4.90 Å². The summed E-state index contributed by atoms with van der Waals surface area (Å²) in [5.74, 6) is 0. The Balaban J connectivity index is 2.83. The number of carbonyl (C=O) groups excluding carboxylic acids is 2. The van der Waals surface area contributed by atoms with Gasteiger partial charge in [-0.1, -0.05) is 6.92 Å². The molecule has 1 heterocycles. The molecule has 1 aliphatic rings. The van der Waals surface area contributed by atoms with Crippen molar-refractivity contribution in [1.82, 2.24) is 10.2 Å². The first-order valence-electron chi connectivity index (χ1n) is 6.18. The summed E-state index contributed by atoms with van der Waals surface area (Å²) in [6, 6.07) is -0.767. The van der Waals surface area contributed by atoms with E-state index >= 15 is 0 Å². The van der Waals surface area contributed by atoms with Gasteiger partial charge in [-0.05, 0) is 38.8 Å². The molecular weight excluding hydrogens is 256 g/mol. The second-order valence-corrected chi connectivity index (χ2v) is 5.76. The van der Waals surface area contributed by atoms with Gasteiger partial charge in [0, 0.05) is 19.1 Å². The topological polar surface area (TPSA) is 58.6 Å². The number of hydrogen-bond acceptors (Lipinski definition) is 4. The summed E-state index contributed by atoms with van der Waals surface area (Å²) in [4.78, 5) is 25.0. The Morgan fingerprint density at radius 2 is 2.06 bits per heavy atom. The van der Waals surface area contributed by atoms with Gasteiger partial charge >= 0.3 is 6.09 Å². The van der Waals surface area contributed by atoms with Gasteiger partial charge in [0.2, 0.25) is 5.24 Å². The zero-order valence-electron chi connectivity index (χ0n) is 11.3. The maximum atomic E-state index is 12.1. The zero-order valence-corrected chi connectivity index (χ0v) is 12.1. The highest BCUT2D eigenvalue weighted by atomic mass is 35.5. The van der Waals surface area contributed by atoms with Crippen LogP contribution in [0.4, 0.5) is 4.79 Å². The van der Waals surface area contributed by atoms with Gasteiger partial charge in [0.15, 0.2) is 0 Å². The molecule has 0 aromatic heterocycles. The predicted molar refractivity (Wildman–Crippen MR) is 69.7 cm³/mol. The molecule has 1 amide bonds. The molecule has 5 nitrogen and oxygen atoms in total. The lowest BCUT2D eigenvalue weighted by molar-refractivity contribution is -0.118. The number of nitrogens with zero attached hydrogens (tertiary/aromatic N) is 1. The molecule has 1 fully saturated rings. The Kier molecular flexibility index (Phi) is 4.99. The lowest BCUT2D eigenvalue weighted by atomic mass is 10.0. The second-order valence-electron chi connectivity index (χ2n) is 5.39. The molecule has 1 aliphatic heterocycles. The molecule has 18 heavy (non-hydrogen) atoms. The maximum Gasteiger partial charge on any atom is 0.411 e. The third kappa shape index (κ3) is 3.85. The average molecular weight is 277 g/mol. The van der Waals surface area contributed by atoms with Gasteiger partial charge in [0.05, 0.1) is 0 Å². The molecular formula is C12H21ClN2O3. The molecule has 0 bridgehead atoms. The summed E-state index contributed by atoms with van der Waals surface area (Å²) in [5, 5.41) is 2.67. The summed E-state index contributed by atoms with van der Waals surface area (Å²) >= 11 is 5.61. The van der Waals surface area contributed by atoms with Crippen molar-refractivity contribution in [2.24, 2.45) is 0 Å². The van der Waals surface area contributed by atoms with Crippen molar-refractivity contribution in [2.45, 2.75) is 51.8 Å². The minimum atomic E-state index is -0.653. The summed E-state index contributed by atoms with van der Waals surface area (Å²) in [6.07, 6.45) is 0.240. The van der Waals surface area contributed by atoms with E-state index in [0.29, 0.717) is 13.1 Å². The molecule has 2 atom stereocenters. The standard InChI is InChI=1S/C12H21ClN2O3/c1-5-8-9(10(13)16)15(7-6-14-8)11(17)18-12(2,3)4/h8-9,14H,5-7H2,1-4H3. The number of halogens is 1. The fourth-order valence-corrected chi connectivity index (χ4v) is 2.28. The second kappa shape index (κ2) is 5.89. The van der Waals surface area contributed by atoms with Crippen molar-refractivity contribution >= 4 is 22.9 Å². The maximum absolute atomic E-state index is 12.1. The number of rotatable bonds is 2. The number of hydrogen-bond donors (Lipinski definition) is 1. The Hall–Kier alpha value is -0.810. The highest BCUT2D eigenvalue weighted by molar-refractivity contribution is 6.65. The molecule has 1 rings (SSSR count). The van der Waals surface area contributed by atoms with Gasteiger partial charge in [0.1, 0.15) is 11.6 Å². The van der Waals surface area contributed by atoms with E-state index in [1.54, 1.807) is 20.8 Å². The van der Waals surface area contributed by atoms with E-state index in [4.69, 9.17) is 16.3 Å². The summed E-state index contributed by atoms with van der Waals surface area (Å²) in [6.45, 7) is 8.39. The van der Waals surface area contributed by atoms with E-state index in [9.17, 15) is 9.59 Å². The first kappa shape index (κ1) is 15.2. The number of amides is 1. The van der Waals surface area contributed by atoms with E-state index in [2.05, 4.69) is 5.32 Å². The van der Waals surface area contributed by atoms with E-state index in [0.717, 1.165) is 6.42 Å². The third-order valence-electron chi connectivity index (χ3n) is 2.78. The first-order chi connectivity index (χ1) is 8.26. The molecule has 1 N–H and O–H groups in total. The fraction of sp³-hybridized carbons (Fsp3) is 0.833. The van der Waals surface area contributed by atoms with Gasteiger partial charge in [-0.15, -0.1) is 0 Å². The van der Waals surface area contributed by atoms with Crippen LogP contribution in [0.15, 0.2) is 0 Å². The summed E-state index contributed by atoms with van der Waals surface area (Å²) in [7, 11) is 0. The molecule has 0 saturated carbocycles.